The van der Waals surface area contributed by atoms with Crippen molar-refractivity contribution in [3.63, 3.8) is 0 Å². The van der Waals surface area contributed by atoms with Crippen molar-refractivity contribution in [1.82, 2.24) is 0 Å². The second-order valence-corrected chi connectivity index (χ2v) is 9.05. The Bertz CT molecular complexity index is 1020. The first kappa shape index (κ1) is 28.6. The van der Waals surface area contributed by atoms with Crippen molar-refractivity contribution >= 4 is 17.9 Å². The summed E-state index contributed by atoms with van der Waals surface area (Å²) in [5.41, 5.74) is -3.14. The molecule has 0 aromatic heterocycles. The average molecular weight is 519 g/mol. The van der Waals surface area contributed by atoms with E-state index < -0.39 is 60.0 Å². The summed E-state index contributed by atoms with van der Waals surface area (Å²) < 4.78 is 40.2. The zero-order chi connectivity index (χ0) is 27.3. The summed E-state index contributed by atoms with van der Waals surface area (Å²) in [6.07, 6.45) is -3.07. The van der Waals surface area contributed by atoms with Crippen LogP contribution in [0.25, 0.3) is 0 Å². The van der Waals surface area contributed by atoms with Gasteiger partial charge in [0.2, 0.25) is 5.60 Å². The third-order valence-corrected chi connectivity index (χ3v) is 5.88. The predicted octanol–water partition coefficient (Wildman–Crippen LogP) is 2.31. The molecule has 2 aliphatic rings. The van der Waals surface area contributed by atoms with Crippen LogP contribution in [0.3, 0.4) is 0 Å². The lowest BCUT2D eigenvalue weighted by molar-refractivity contribution is -0.239. The molecule has 0 saturated carbocycles. The normalized spacial score (nSPS) is 25.9. The molecule has 37 heavy (non-hydrogen) atoms. The molecule has 0 amide bonds. The first-order valence-corrected chi connectivity index (χ1v) is 12.2. The van der Waals surface area contributed by atoms with Crippen molar-refractivity contribution in [2.24, 2.45) is 0 Å². The maximum atomic E-state index is 13.3. The number of carbonyl (C=O) groups is 3. The van der Waals surface area contributed by atoms with Gasteiger partial charge in [0.05, 0.1) is 19.8 Å². The standard InChI is InChI=1S/C27H34O10/c1-7-15-26(35-18(4)28)20(34-22-21(26)36-25(5,6)37-22)17-33-27(23(29)31-8-2,24(30)32-9-3)16-19-13-11-10-12-14-19/h10-14,20-22H,8-9,16-17H2,1-6H3/t20-,21+,22-,26-/m1/s1. The van der Waals surface area contributed by atoms with Gasteiger partial charge in [-0.3, -0.25) is 4.79 Å². The van der Waals surface area contributed by atoms with Crippen LogP contribution < -0.4 is 0 Å². The van der Waals surface area contributed by atoms with Gasteiger partial charge in [-0.05, 0) is 46.1 Å². The van der Waals surface area contributed by atoms with E-state index in [1.165, 1.54) is 6.92 Å². The summed E-state index contributed by atoms with van der Waals surface area (Å²) in [6, 6.07) is 8.86. The van der Waals surface area contributed by atoms with Crippen molar-refractivity contribution in [3.8, 4) is 11.8 Å². The molecule has 2 aliphatic heterocycles. The molecule has 0 aliphatic carbocycles. The molecule has 0 bridgehead atoms. The highest BCUT2D eigenvalue weighted by molar-refractivity contribution is 6.04. The summed E-state index contributed by atoms with van der Waals surface area (Å²) in [7, 11) is 0. The monoisotopic (exact) mass is 518 g/mol. The molecule has 1 aromatic carbocycles. The Kier molecular flexibility index (Phi) is 8.97. The second-order valence-electron chi connectivity index (χ2n) is 9.05. The van der Waals surface area contributed by atoms with Crippen molar-refractivity contribution < 1.29 is 47.5 Å². The quantitative estimate of drug-likeness (QED) is 0.198. The van der Waals surface area contributed by atoms with Crippen molar-refractivity contribution in [2.75, 3.05) is 19.8 Å². The molecule has 0 spiro atoms. The average Bonchev–Trinajstić information content (AvgIpc) is 3.27. The number of hydrogen-bond donors (Lipinski definition) is 0. The highest BCUT2D eigenvalue weighted by Gasteiger charge is 2.66. The Balaban J connectivity index is 2.01. The first-order chi connectivity index (χ1) is 17.5. The number of fused-ring (bicyclic) bond motifs is 1. The Labute approximate surface area is 216 Å². The Morgan fingerprint density at radius 2 is 1.65 bits per heavy atom. The molecule has 1 aromatic rings. The maximum Gasteiger partial charge on any atom is 0.350 e. The summed E-state index contributed by atoms with van der Waals surface area (Å²) in [5, 5.41) is 0. The van der Waals surface area contributed by atoms with E-state index in [1.807, 2.05) is 6.07 Å². The minimum atomic E-state index is -2.16. The van der Waals surface area contributed by atoms with Crippen molar-refractivity contribution in [2.45, 2.75) is 83.5 Å². The lowest BCUT2D eigenvalue weighted by atomic mass is 9.91. The zero-order valence-corrected chi connectivity index (χ0v) is 22.0. The van der Waals surface area contributed by atoms with Gasteiger partial charge >= 0.3 is 17.9 Å². The Hall–Kier alpha value is -2.97. The minimum Gasteiger partial charge on any atom is -0.463 e. The highest BCUT2D eigenvalue weighted by Crippen LogP contribution is 2.45. The van der Waals surface area contributed by atoms with Crippen LogP contribution in [0.15, 0.2) is 30.3 Å². The van der Waals surface area contributed by atoms with E-state index in [9.17, 15) is 14.4 Å². The molecule has 202 valence electrons. The fourth-order valence-corrected chi connectivity index (χ4v) is 4.46. The smallest absolute Gasteiger partial charge is 0.350 e. The van der Waals surface area contributed by atoms with E-state index in [-0.39, 0.29) is 19.6 Å². The van der Waals surface area contributed by atoms with Gasteiger partial charge in [0.15, 0.2) is 18.2 Å². The van der Waals surface area contributed by atoms with E-state index in [4.69, 9.17) is 33.2 Å². The third-order valence-electron chi connectivity index (χ3n) is 5.88. The summed E-state index contributed by atoms with van der Waals surface area (Å²) in [5.74, 6) is 2.20. The van der Waals surface area contributed by atoms with Crippen LogP contribution in [0.2, 0.25) is 0 Å². The van der Waals surface area contributed by atoms with Gasteiger partial charge in [-0.25, -0.2) is 9.59 Å². The van der Waals surface area contributed by atoms with Gasteiger partial charge in [-0.15, -0.1) is 5.92 Å². The highest BCUT2D eigenvalue weighted by atomic mass is 16.8. The van der Waals surface area contributed by atoms with Crippen LogP contribution in [0.4, 0.5) is 0 Å². The Morgan fingerprint density at radius 1 is 1.03 bits per heavy atom. The van der Waals surface area contributed by atoms with E-state index >= 15 is 0 Å². The molecule has 3 rings (SSSR count). The van der Waals surface area contributed by atoms with Crippen LogP contribution in [0.1, 0.15) is 47.1 Å². The van der Waals surface area contributed by atoms with E-state index in [0.29, 0.717) is 5.56 Å². The van der Waals surface area contributed by atoms with Crippen molar-refractivity contribution in [3.05, 3.63) is 35.9 Å². The van der Waals surface area contributed by atoms with E-state index in [1.54, 1.807) is 58.9 Å². The predicted molar refractivity (Wildman–Crippen MR) is 129 cm³/mol. The number of hydrogen-bond acceptors (Lipinski definition) is 10. The molecule has 4 atom stereocenters. The molecular weight excluding hydrogens is 484 g/mol. The van der Waals surface area contributed by atoms with Gasteiger partial charge in [0.25, 0.3) is 5.60 Å². The third kappa shape index (κ3) is 5.96. The SMILES string of the molecule is CC#C[C@@]1(OC(C)=O)[C@@H](COC(Cc2ccccc2)(C(=O)OCC)C(=O)OCC)O[C@@H]2OC(C)(C)O[C@@H]21. The van der Waals surface area contributed by atoms with Crippen LogP contribution in [-0.4, -0.2) is 73.2 Å². The largest absolute Gasteiger partial charge is 0.463 e. The number of rotatable bonds is 10. The molecule has 2 heterocycles. The van der Waals surface area contributed by atoms with Crippen LogP contribution in [-0.2, 0) is 54.0 Å². The van der Waals surface area contributed by atoms with Crippen molar-refractivity contribution in [1.29, 1.82) is 0 Å². The minimum absolute atomic E-state index is 0.0116. The molecule has 2 saturated heterocycles. The lowest BCUT2D eigenvalue weighted by Crippen LogP contribution is -2.57. The van der Waals surface area contributed by atoms with Gasteiger partial charge in [0.1, 0.15) is 6.10 Å². The number of carbonyl (C=O) groups excluding carboxylic acids is 3. The number of ether oxygens (including phenoxy) is 7. The van der Waals surface area contributed by atoms with Crippen LogP contribution >= 0.6 is 0 Å². The van der Waals surface area contributed by atoms with E-state index in [0.717, 1.165) is 0 Å². The second kappa shape index (κ2) is 11.6. The maximum absolute atomic E-state index is 13.3. The molecule has 2 fully saturated rings. The molecule has 10 nitrogen and oxygen atoms in total. The summed E-state index contributed by atoms with van der Waals surface area (Å²) in [6.45, 7) is 9.08. The molecule has 0 unspecified atom stereocenters. The molecule has 0 N–H and O–H groups in total. The fourth-order valence-electron chi connectivity index (χ4n) is 4.46. The van der Waals surface area contributed by atoms with E-state index in [2.05, 4.69) is 11.8 Å². The topological polar surface area (TPSA) is 116 Å². The summed E-state index contributed by atoms with van der Waals surface area (Å²) >= 11 is 0. The van der Waals surface area contributed by atoms with Gasteiger partial charge in [-0.2, -0.15) is 0 Å². The number of esters is 3. The van der Waals surface area contributed by atoms with Gasteiger partial charge < -0.3 is 33.2 Å². The number of benzene rings is 1. The Morgan fingerprint density at radius 3 is 2.19 bits per heavy atom. The van der Waals surface area contributed by atoms with Crippen LogP contribution in [0, 0.1) is 11.8 Å². The van der Waals surface area contributed by atoms with Gasteiger partial charge in [0, 0.05) is 13.3 Å². The fraction of sp³-hybridized carbons (Fsp3) is 0.593. The lowest BCUT2D eigenvalue weighted by Gasteiger charge is -2.35. The zero-order valence-electron chi connectivity index (χ0n) is 22.0. The first-order valence-electron chi connectivity index (χ1n) is 12.2. The molecule has 0 radical (unpaired) electrons. The van der Waals surface area contributed by atoms with Crippen LogP contribution in [0.5, 0.6) is 0 Å². The molecule has 10 heteroatoms. The molecular formula is C27H34O10. The summed E-state index contributed by atoms with van der Waals surface area (Å²) in [4.78, 5) is 38.7. The van der Waals surface area contributed by atoms with Gasteiger partial charge in [-0.1, -0.05) is 30.3 Å².